The number of benzene rings is 1. The van der Waals surface area contributed by atoms with Crippen LogP contribution in [0.25, 0.3) is 10.9 Å². The molecule has 1 aromatic carbocycles. The van der Waals surface area contributed by atoms with Crippen LogP contribution in [-0.4, -0.2) is 44.5 Å². The highest BCUT2D eigenvalue weighted by Crippen LogP contribution is 2.26. The van der Waals surface area contributed by atoms with Crippen LogP contribution < -0.4 is 0 Å². The molecule has 0 radical (unpaired) electrons. The Morgan fingerprint density at radius 2 is 2.21 bits per heavy atom. The molecule has 1 aliphatic rings. The van der Waals surface area contributed by atoms with Crippen LogP contribution in [0.5, 0.6) is 0 Å². The van der Waals surface area contributed by atoms with Gasteiger partial charge in [-0.15, -0.1) is 11.8 Å². The van der Waals surface area contributed by atoms with Gasteiger partial charge in [0.2, 0.25) is 0 Å². The van der Waals surface area contributed by atoms with Crippen molar-refractivity contribution in [2.24, 2.45) is 0 Å². The average Bonchev–Trinajstić information content (AvgIpc) is 3.05. The lowest BCUT2D eigenvalue weighted by Crippen LogP contribution is -2.41. The van der Waals surface area contributed by atoms with E-state index >= 15 is 0 Å². The monoisotopic (exact) mass is 276 g/mol. The van der Waals surface area contributed by atoms with Crippen molar-refractivity contribution in [2.75, 3.05) is 11.6 Å². The average molecular weight is 276 g/mol. The van der Waals surface area contributed by atoms with Gasteiger partial charge in [-0.2, -0.15) is 0 Å². The number of rotatable bonds is 2. The largest absolute Gasteiger partial charge is 0.480 e. The first-order chi connectivity index (χ1) is 9.18. The fraction of sp³-hybridized carbons (Fsp3) is 0.231. The summed E-state index contributed by atoms with van der Waals surface area (Å²) in [5.41, 5.74) is 1.43. The van der Waals surface area contributed by atoms with E-state index in [0.717, 1.165) is 10.9 Å². The molecule has 1 unspecified atom stereocenters. The molecular weight excluding hydrogens is 264 g/mol. The molecule has 98 valence electrons. The van der Waals surface area contributed by atoms with Crippen molar-refractivity contribution < 1.29 is 14.7 Å². The molecule has 6 heteroatoms. The summed E-state index contributed by atoms with van der Waals surface area (Å²) in [6.07, 6.45) is 1.77. The molecular formula is C13H12N2O3S. The predicted molar refractivity (Wildman–Crippen MR) is 73.2 cm³/mol. The highest BCUT2D eigenvalue weighted by Gasteiger charge is 2.35. The molecule has 5 nitrogen and oxygen atoms in total. The third kappa shape index (κ3) is 1.98. The lowest BCUT2D eigenvalue weighted by atomic mass is 10.1. The number of H-pyrrole nitrogens is 1. The fourth-order valence-corrected chi connectivity index (χ4v) is 3.42. The van der Waals surface area contributed by atoms with Crippen molar-refractivity contribution >= 4 is 34.5 Å². The Bertz CT molecular complexity index is 652. The van der Waals surface area contributed by atoms with Gasteiger partial charge in [0.15, 0.2) is 0 Å². The number of fused-ring (bicyclic) bond motifs is 1. The van der Waals surface area contributed by atoms with E-state index in [0.29, 0.717) is 17.2 Å². The van der Waals surface area contributed by atoms with Crippen LogP contribution in [-0.2, 0) is 4.79 Å². The second-order valence-corrected chi connectivity index (χ2v) is 5.37. The van der Waals surface area contributed by atoms with Crippen LogP contribution in [0, 0.1) is 0 Å². The second-order valence-electron chi connectivity index (χ2n) is 4.37. The van der Waals surface area contributed by atoms with Gasteiger partial charge in [-0.05, 0) is 18.2 Å². The molecule has 1 aromatic heterocycles. The van der Waals surface area contributed by atoms with Crippen LogP contribution in [0.3, 0.4) is 0 Å². The van der Waals surface area contributed by atoms with Crippen LogP contribution in [0.1, 0.15) is 10.4 Å². The zero-order valence-corrected chi connectivity index (χ0v) is 10.8. The van der Waals surface area contributed by atoms with E-state index in [-0.39, 0.29) is 5.91 Å². The summed E-state index contributed by atoms with van der Waals surface area (Å²) >= 11 is 1.47. The number of nitrogens with zero attached hydrogens (tertiary/aromatic N) is 1. The molecule has 0 bridgehead atoms. The Kier molecular flexibility index (Phi) is 2.94. The van der Waals surface area contributed by atoms with E-state index in [4.69, 9.17) is 5.11 Å². The molecule has 0 spiro atoms. The molecule has 1 fully saturated rings. The van der Waals surface area contributed by atoms with Crippen LogP contribution >= 0.6 is 11.8 Å². The number of aromatic nitrogens is 1. The van der Waals surface area contributed by atoms with Gasteiger partial charge in [0.25, 0.3) is 5.91 Å². The van der Waals surface area contributed by atoms with Crippen molar-refractivity contribution in [2.45, 2.75) is 6.04 Å². The standard InChI is InChI=1S/C13H12N2O3S/c16-12(15-7-19-6-11(15)13(17)18)9-2-1-3-10-8(9)4-5-14-10/h1-5,11,14H,6-7H2,(H,17,18). The van der Waals surface area contributed by atoms with Crippen LogP contribution in [0.15, 0.2) is 30.5 Å². The van der Waals surface area contributed by atoms with E-state index < -0.39 is 12.0 Å². The Balaban J connectivity index is 2.00. The molecule has 2 N–H and O–H groups in total. The lowest BCUT2D eigenvalue weighted by Gasteiger charge is -2.20. The summed E-state index contributed by atoms with van der Waals surface area (Å²) in [5.74, 6) is -0.289. The number of carboxylic acids is 1. The van der Waals surface area contributed by atoms with Gasteiger partial charge in [0, 0.05) is 28.4 Å². The van der Waals surface area contributed by atoms with Crippen LogP contribution in [0.2, 0.25) is 0 Å². The quantitative estimate of drug-likeness (QED) is 0.876. The summed E-state index contributed by atoms with van der Waals surface area (Å²) < 4.78 is 0. The van der Waals surface area contributed by atoms with Gasteiger partial charge in [0.1, 0.15) is 6.04 Å². The Hall–Kier alpha value is -1.95. The summed E-state index contributed by atoms with van der Waals surface area (Å²) in [5, 5.41) is 9.97. The number of hydrogen-bond acceptors (Lipinski definition) is 3. The molecule has 3 rings (SSSR count). The first kappa shape index (κ1) is 12.1. The molecule has 0 aliphatic carbocycles. The van der Waals surface area contributed by atoms with Gasteiger partial charge in [0.05, 0.1) is 5.88 Å². The van der Waals surface area contributed by atoms with E-state index in [1.54, 1.807) is 18.3 Å². The Morgan fingerprint density at radius 3 is 3.00 bits per heavy atom. The number of aromatic amines is 1. The van der Waals surface area contributed by atoms with Crippen molar-refractivity contribution in [1.29, 1.82) is 0 Å². The SMILES string of the molecule is O=C(O)C1CSCN1C(=O)c1cccc2[nH]ccc12. The minimum Gasteiger partial charge on any atom is -0.480 e. The number of nitrogens with one attached hydrogen (secondary N) is 1. The van der Waals surface area contributed by atoms with E-state index in [2.05, 4.69) is 4.98 Å². The van der Waals surface area contributed by atoms with Crippen molar-refractivity contribution in [3.8, 4) is 0 Å². The van der Waals surface area contributed by atoms with Gasteiger partial charge in [-0.3, -0.25) is 4.79 Å². The maximum Gasteiger partial charge on any atom is 0.327 e. The number of thioether (sulfide) groups is 1. The molecule has 1 saturated heterocycles. The smallest absolute Gasteiger partial charge is 0.327 e. The van der Waals surface area contributed by atoms with Crippen LogP contribution in [0.4, 0.5) is 0 Å². The van der Waals surface area contributed by atoms with Gasteiger partial charge < -0.3 is 15.0 Å². The fourth-order valence-electron chi connectivity index (χ4n) is 2.27. The first-order valence-corrected chi connectivity index (χ1v) is 7.01. The molecule has 1 amide bonds. The van der Waals surface area contributed by atoms with Gasteiger partial charge >= 0.3 is 5.97 Å². The van der Waals surface area contributed by atoms with E-state index in [1.165, 1.54) is 16.7 Å². The van der Waals surface area contributed by atoms with Gasteiger partial charge in [-0.25, -0.2) is 4.79 Å². The molecule has 0 saturated carbocycles. The van der Waals surface area contributed by atoms with Gasteiger partial charge in [-0.1, -0.05) is 6.07 Å². The van der Waals surface area contributed by atoms with E-state index in [9.17, 15) is 9.59 Å². The minimum atomic E-state index is -0.945. The summed E-state index contributed by atoms with van der Waals surface area (Å²) in [6.45, 7) is 0. The topological polar surface area (TPSA) is 73.4 Å². The molecule has 19 heavy (non-hydrogen) atoms. The van der Waals surface area contributed by atoms with Crippen molar-refractivity contribution in [3.63, 3.8) is 0 Å². The Labute approximate surface area is 113 Å². The second kappa shape index (κ2) is 4.62. The molecule has 1 atom stereocenters. The Morgan fingerprint density at radius 1 is 1.37 bits per heavy atom. The summed E-state index contributed by atoms with van der Waals surface area (Å²) in [6, 6.07) is 6.53. The maximum atomic E-state index is 12.5. The number of hydrogen-bond donors (Lipinski definition) is 2. The minimum absolute atomic E-state index is 0.220. The zero-order valence-electron chi connectivity index (χ0n) is 10.00. The highest BCUT2D eigenvalue weighted by molar-refractivity contribution is 7.99. The molecule has 2 heterocycles. The number of amides is 1. The summed E-state index contributed by atoms with van der Waals surface area (Å²) in [7, 11) is 0. The third-order valence-electron chi connectivity index (χ3n) is 3.25. The number of carbonyl (C=O) groups excluding carboxylic acids is 1. The highest BCUT2D eigenvalue weighted by atomic mass is 32.2. The summed E-state index contributed by atoms with van der Waals surface area (Å²) in [4.78, 5) is 28.1. The number of carboxylic acid groups (broad SMARTS) is 1. The van der Waals surface area contributed by atoms with Crippen molar-refractivity contribution in [1.82, 2.24) is 9.88 Å². The van der Waals surface area contributed by atoms with E-state index in [1.807, 2.05) is 12.1 Å². The molecule has 1 aliphatic heterocycles. The third-order valence-corrected chi connectivity index (χ3v) is 4.27. The predicted octanol–water partition coefficient (Wildman–Crippen LogP) is 1.77. The van der Waals surface area contributed by atoms with Crippen molar-refractivity contribution in [3.05, 3.63) is 36.0 Å². The first-order valence-electron chi connectivity index (χ1n) is 5.86. The normalized spacial score (nSPS) is 18.9. The molecule has 2 aromatic rings. The zero-order chi connectivity index (χ0) is 13.4. The maximum absolute atomic E-state index is 12.5. The number of carbonyl (C=O) groups is 2. The number of aliphatic carboxylic acids is 1. The lowest BCUT2D eigenvalue weighted by molar-refractivity contribution is -0.140.